The van der Waals surface area contributed by atoms with E-state index in [2.05, 4.69) is 15.0 Å². The van der Waals surface area contributed by atoms with Gasteiger partial charge in [-0.2, -0.15) is 0 Å². The molecule has 1 aromatic heterocycles. The van der Waals surface area contributed by atoms with E-state index < -0.39 is 10.0 Å². The molecule has 1 fully saturated rings. The molecule has 0 radical (unpaired) electrons. The van der Waals surface area contributed by atoms with Gasteiger partial charge in [-0.1, -0.05) is 30.3 Å². The lowest BCUT2D eigenvalue weighted by molar-refractivity contribution is -0.123. The number of nitrogens with zero attached hydrogens (tertiary/aromatic N) is 2. The van der Waals surface area contributed by atoms with Gasteiger partial charge in [-0.25, -0.2) is 17.5 Å². The van der Waals surface area contributed by atoms with Crippen molar-refractivity contribution in [2.75, 3.05) is 19.6 Å². The average Bonchev–Trinajstić information content (AvgIpc) is 3.32. The number of sulfonamides is 1. The number of aryl methyl sites for hydroxylation is 1. The van der Waals surface area contributed by atoms with E-state index in [9.17, 15) is 17.6 Å². The van der Waals surface area contributed by atoms with Crippen molar-refractivity contribution in [3.05, 3.63) is 95.6 Å². The molecule has 0 unspecified atom stereocenters. The molecule has 0 saturated carbocycles. The highest BCUT2D eigenvalue weighted by atomic mass is 32.2. The molecule has 2 aliphatic rings. The minimum Gasteiger partial charge on any atom is -0.352 e. The first kappa shape index (κ1) is 25.5. The molecule has 37 heavy (non-hydrogen) atoms. The van der Waals surface area contributed by atoms with Gasteiger partial charge in [-0.15, -0.1) is 0 Å². The number of carbonyl (C=O) groups is 1. The Bertz CT molecular complexity index is 1340. The molecular formula is C28H31FN4O3S. The molecule has 1 saturated heterocycles. The van der Waals surface area contributed by atoms with Gasteiger partial charge in [0, 0.05) is 43.5 Å². The van der Waals surface area contributed by atoms with Crippen LogP contribution < -0.4 is 10.0 Å². The van der Waals surface area contributed by atoms with Crippen LogP contribution >= 0.6 is 0 Å². The summed E-state index contributed by atoms with van der Waals surface area (Å²) in [5, 5.41) is 3.23. The molecule has 2 N–H and O–H groups in total. The van der Waals surface area contributed by atoms with Crippen LogP contribution in [0.4, 0.5) is 4.39 Å². The van der Waals surface area contributed by atoms with Crippen LogP contribution in [-0.2, 0) is 27.7 Å². The van der Waals surface area contributed by atoms with Gasteiger partial charge in [0.2, 0.25) is 15.9 Å². The number of likely N-dealkylation sites (tertiary alicyclic amines) is 1. The molecule has 1 aliphatic carbocycles. The maximum Gasteiger partial charge on any atom is 0.240 e. The number of rotatable bonds is 8. The van der Waals surface area contributed by atoms with Crippen molar-refractivity contribution in [3.8, 4) is 0 Å². The van der Waals surface area contributed by atoms with Crippen molar-refractivity contribution < 1.29 is 17.6 Å². The standard InChI is InChI=1S/C28H31FN4O3S/c29-22-9-10-25-21(16-22)8-11-27(26(25)15-20-5-4-13-30-17-20)31-28(34)19-33-14-12-23(18-33)32-37(35,36)24-6-2-1-3-7-24/h1-7,9-10,13,16-17,23,26-27,32H,8,11-12,14-15,18-19H2,(H,31,34)/t23-,26+,27-/m0/s1. The van der Waals surface area contributed by atoms with Crippen LogP contribution in [0, 0.1) is 5.82 Å². The Morgan fingerprint density at radius 2 is 1.92 bits per heavy atom. The maximum absolute atomic E-state index is 13.9. The molecule has 0 spiro atoms. The van der Waals surface area contributed by atoms with Crippen LogP contribution in [0.3, 0.4) is 0 Å². The number of fused-ring (bicyclic) bond motifs is 1. The van der Waals surface area contributed by atoms with Gasteiger partial charge < -0.3 is 5.32 Å². The van der Waals surface area contributed by atoms with Gasteiger partial charge in [-0.05, 0) is 72.7 Å². The second-order valence-electron chi connectivity index (χ2n) is 9.88. The zero-order chi connectivity index (χ0) is 25.8. The second kappa shape index (κ2) is 11.1. The van der Waals surface area contributed by atoms with E-state index in [1.807, 2.05) is 29.3 Å². The average molecular weight is 523 g/mol. The van der Waals surface area contributed by atoms with Crippen molar-refractivity contribution in [2.24, 2.45) is 0 Å². The van der Waals surface area contributed by atoms with E-state index in [-0.39, 0.29) is 41.2 Å². The Hall–Kier alpha value is -3.14. The van der Waals surface area contributed by atoms with Crippen molar-refractivity contribution >= 4 is 15.9 Å². The smallest absolute Gasteiger partial charge is 0.240 e. The van der Waals surface area contributed by atoms with Crippen LogP contribution in [0.5, 0.6) is 0 Å². The monoisotopic (exact) mass is 522 g/mol. The topological polar surface area (TPSA) is 91.4 Å². The van der Waals surface area contributed by atoms with Crippen molar-refractivity contribution in [2.45, 2.75) is 48.6 Å². The minimum atomic E-state index is -3.60. The van der Waals surface area contributed by atoms with E-state index in [4.69, 9.17) is 0 Å². The maximum atomic E-state index is 13.9. The Labute approximate surface area is 217 Å². The summed E-state index contributed by atoms with van der Waals surface area (Å²) >= 11 is 0. The van der Waals surface area contributed by atoms with Gasteiger partial charge >= 0.3 is 0 Å². The summed E-state index contributed by atoms with van der Waals surface area (Å²) in [4.78, 5) is 19.5. The first-order valence-corrected chi connectivity index (χ1v) is 14.1. The van der Waals surface area contributed by atoms with Crippen LogP contribution in [-0.4, -0.2) is 55.9 Å². The van der Waals surface area contributed by atoms with E-state index in [0.29, 0.717) is 32.4 Å². The number of benzene rings is 2. The quantitative estimate of drug-likeness (QED) is 0.475. The molecule has 1 aliphatic heterocycles. The number of aromatic nitrogens is 1. The first-order chi connectivity index (χ1) is 17.9. The zero-order valence-electron chi connectivity index (χ0n) is 20.5. The molecule has 194 valence electrons. The van der Waals surface area contributed by atoms with Gasteiger partial charge in [0.15, 0.2) is 0 Å². The largest absolute Gasteiger partial charge is 0.352 e. The molecule has 1 amide bonds. The highest BCUT2D eigenvalue weighted by Gasteiger charge is 2.33. The van der Waals surface area contributed by atoms with Crippen LogP contribution in [0.25, 0.3) is 0 Å². The lowest BCUT2D eigenvalue weighted by Crippen LogP contribution is -2.46. The fourth-order valence-corrected chi connectivity index (χ4v) is 6.78. The van der Waals surface area contributed by atoms with Crippen LogP contribution in [0.15, 0.2) is 78.0 Å². The summed E-state index contributed by atoms with van der Waals surface area (Å²) in [6, 6.07) is 16.8. The molecule has 7 nitrogen and oxygen atoms in total. The van der Waals surface area contributed by atoms with E-state index in [0.717, 1.165) is 23.1 Å². The third kappa shape index (κ3) is 6.23. The Morgan fingerprint density at radius 1 is 1.08 bits per heavy atom. The fraction of sp³-hybridized carbons (Fsp3) is 0.357. The number of halogens is 1. The Balaban J connectivity index is 1.21. The van der Waals surface area contributed by atoms with Gasteiger partial charge in [0.25, 0.3) is 0 Å². The number of hydrogen-bond acceptors (Lipinski definition) is 5. The summed E-state index contributed by atoms with van der Waals surface area (Å²) in [7, 11) is -3.60. The summed E-state index contributed by atoms with van der Waals surface area (Å²) < 4.78 is 42.0. The zero-order valence-corrected chi connectivity index (χ0v) is 21.3. The second-order valence-corrected chi connectivity index (χ2v) is 11.6. The summed E-state index contributed by atoms with van der Waals surface area (Å²) in [5.74, 6) is -0.312. The van der Waals surface area contributed by atoms with E-state index in [1.54, 1.807) is 42.6 Å². The number of amides is 1. The molecule has 0 bridgehead atoms. The minimum absolute atomic E-state index is 0.0153. The lowest BCUT2D eigenvalue weighted by atomic mass is 9.76. The Kier molecular flexibility index (Phi) is 7.64. The molecule has 5 rings (SSSR count). The fourth-order valence-electron chi connectivity index (χ4n) is 5.49. The number of hydrogen-bond donors (Lipinski definition) is 2. The third-order valence-corrected chi connectivity index (χ3v) is 8.79. The number of pyridine rings is 1. The van der Waals surface area contributed by atoms with Gasteiger partial charge in [0.1, 0.15) is 5.82 Å². The predicted molar refractivity (Wildman–Crippen MR) is 139 cm³/mol. The highest BCUT2D eigenvalue weighted by Crippen LogP contribution is 2.35. The highest BCUT2D eigenvalue weighted by molar-refractivity contribution is 7.89. The summed E-state index contributed by atoms with van der Waals surface area (Å²) in [6.45, 7) is 1.32. The van der Waals surface area contributed by atoms with Crippen LogP contribution in [0.1, 0.15) is 35.4 Å². The first-order valence-electron chi connectivity index (χ1n) is 12.6. The molecule has 3 atom stereocenters. The van der Waals surface area contributed by atoms with Gasteiger partial charge in [-0.3, -0.25) is 14.7 Å². The number of carbonyl (C=O) groups excluding carboxylic acids is 1. The normalized spacial score (nSPS) is 21.9. The van der Waals surface area contributed by atoms with E-state index in [1.165, 1.54) is 6.07 Å². The van der Waals surface area contributed by atoms with Crippen molar-refractivity contribution in [1.82, 2.24) is 19.9 Å². The van der Waals surface area contributed by atoms with Crippen molar-refractivity contribution in [1.29, 1.82) is 0 Å². The van der Waals surface area contributed by atoms with Crippen molar-refractivity contribution in [3.63, 3.8) is 0 Å². The molecule has 2 aromatic carbocycles. The molecule has 2 heterocycles. The van der Waals surface area contributed by atoms with Crippen LogP contribution in [0.2, 0.25) is 0 Å². The summed E-state index contributed by atoms with van der Waals surface area (Å²) in [5.41, 5.74) is 3.13. The molecular weight excluding hydrogens is 491 g/mol. The SMILES string of the molecule is O=C(CN1CC[C@H](NS(=O)(=O)c2ccccc2)C1)N[C@H]1CCc2cc(F)ccc2[C@H]1Cc1cccnc1. The number of nitrogens with one attached hydrogen (secondary N) is 2. The summed E-state index contributed by atoms with van der Waals surface area (Å²) in [6.07, 6.45) is 6.34. The molecule has 9 heteroatoms. The third-order valence-electron chi connectivity index (χ3n) is 7.25. The van der Waals surface area contributed by atoms with Gasteiger partial charge in [0.05, 0.1) is 11.4 Å². The lowest BCUT2D eigenvalue weighted by Gasteiger charge is -2.35. The predicted octanol–water partition coefficient (Wildman–Crippen LogP) is 3.03. The Morgan fingerprint density at radius 3 is 2.70 bits per heavy atom. The van der Waals surface area contributed by atoms with E-state index >= 15 is 0 Å². The molecule has 3 aromatic rings.